The van der Waals surface area contributed by atoms with Crippen LogP contribution in [0.15, 0.2) is 95.8 Å². The first-order valence-electron chi connectivity index (χ1n) is 11.4. The predicted octanol–water partition coefficient (Wildman–Crippen LogP) is 4.20. The van der Waals surface area contributed by atoms with Crippen molar-refractivity contribution < 1.29 is 14.3 Å². The van der Waals surface area contributed by atoms with Crippen LogP contribution in [-0.4, -0.2) is 22.3 Å². The summed E-state index contributed by atoms with van der Waals surface area (Å²) in [7, 11) is 0. The van der Waals surface area contributed by atoms with Crippen LogP contribution in [0.4, 0.5) is 0 Å². The molecule has 0 radical (unpaired) electrons. The third-order valence-electron chi connectivity index (χ3n) is 5.28. The summed E-state index contributed by atoms with van der Waals surface area (Å²) in [5, 5.41) is 7.19. The lowest BCUT2D eigenvalue weighted by atomic mass is 10.1. The van der Waals surface area contributed by atoms with Gasteiger partial charge in [0, 0.05) is 18.2 Å². The fourth-order valence-corrected chi connectivity index (χ4v) is 3.44. The molecule has 0 bridgehead atoms. The van der Waals surface area contributed by atoms with Crippen LogP contribution in [0.5, 0.6) is 11.5 Å². The highest BCUT2D eigenvalue weighted by Crippen LogP contribution is 2.20. The lowest BCUT2D eigenvalue weighted by Gasteiger charge is -2.10. The number of benzene rings is 3. The third kappa shape index (κ3) is 6.80. The van der Waals surface area contributed by atoms with Crippen LogP contribution in [0.2, 0.25) is 0 Å². The van der Waals surface area contributed by atoms with Crippen LogP contribution in [0, 0.1) is 0 Å². The summed E-state index contributed by atoms with van der Waals surface area (Å²) in [6.45, 7) is 3.18. The van der Waals surface area contributed by atoms with Crippen molar-refractivity contribution in [3.05, 3.63) is 112 Å². The molecule has 0 fully saturated rings. The zero-order valence-corrected chi connectivity index (χ0v) is 19.5. The molecule has 1 aromatic heterocycles. The summed E-state index contributed by atoms with van der Waals surface area (Å²) in [4.78, 5) is 24.7. The first-order valence-corrected chi connectivity index (χ1v) is 11.4. The molecule has 0 spiro atoms. The van der Waals surface area contributed by atoms with Gasteiger partial charge >= 0.3 is 0 Å². The molecule has 4 rings (SSSR count). The molecule has 1 amide bonds. The Kier molecular flexibility index (Phi) is 7.91. The highest BCUT2D eigenvalue weighted by atomic mass is 16.5. The maximum absolute atomic E-state index is 12.5. The molecule has 0 aliphatic heterocycles. The Hall–Kier alpha value is -4.39. The van der Waals surface area contributed by atoms with E-state index in [0.717, 1.165) is 28.2 Å². The van der Waals surface area contributed by atoms with Crippen LogP contribution >= 0.6 is 0 Å². The quantitative estimate of drug-likeness (QED) is 0.376. The first kappa shape index (κ1) is 23.8. The number of hydrogen-bond acceptors (Lipinski definition) is 5. The molecule has 4 aromatic rings. The second kappa shape index (κ2) is 11.7. The first-order chi connectivity index (χ1) is 17.1. The van der Waals surface area contributed by atoms with Crippen molar-refractivity contribution in [1.82, 2.24) is 15.1 Å². The number of aromatic nitrogens is 2. The van der Waals surface area contributed by atoms with Gasteiger partial charge in [-0.1, -0.05) is 42.5 Å². The Morgan fingerprint density at radius 2 is 1.51 bits per heavy atom. The topological polar surface area (TPSA) is 82.5 Å². The highest BCUT2D eigenvalue weighted by Gasteiger charge is 2.09. The van der Waals surface area contributed by atoms with Gasteiger partial charge in [-0.25, -0.2) is 4.68 Å². The summed E-state index contributed by atoms with van der Waals surface area (Å²) >= 11 is 0. The second-order valence-corrected chi connectivity index (χ2v) is 7.87. The summed E-state index contributed by atoms with van der Waals surface area (Å²) in [6, 6.07) is 28.0. The average molecular weight is 470 g/mol. The molecular formula is C28H27N3O4. The summed E-state index contributed by atoms with van der Waals surface area (Å²) in [6.07, 6.45) is 0. The number of amides is 1. The average Bonchev–Trinajstić information content (AvgIpc) is 2.89. The standard InChI is InChI=1S/C28H27N3O4/c1-2-34-24-14-10-23(11-15-24)26-16-17-28(33)31(30-26)19-27(32)29-18-21-8-12-25(13-9-21)35-20-22-6-4-3-5-7-22/h3-17H,2,18-20H2,1H3,(H,29,32). The minimum atomic E-state index is -0.338. The summed E-state index contributed by atoms with van der Waals surface area (Å²) in [5.74, 6) is 1.22. The van der Waals surface area contributed by atoms with Crippen LogP contribution in [-0.2, 0) is 24.5 Å². The van der Waals surface area contributed by atoms with Gasteiger partial charge in [-0.2, -0.15) is 5.10 Å². The number of ether oxygens (including phenoxy) is 2. The van der Waals surface area contributed by atoms with Gasteiger partial charge < -0.3 is 14.8 Å². The summed E-state index contributed by atoms with van der Waals surface area (Å²) in [5.41, 5.74) is 3.12. The fourth-order valence-electron chi connectivity index (χ4n) is 3.44. The second-order valence-electron chi connectivity index (χ2n) is 7.87. The molecule has 0 saturated carbocycles. The van der Waals surface area contributed by atoms with Gasteiger partial charge in [0.15, 0.2) is 0 Å². The van der Waals surface area contributed by atoms with Crippen molar-refractivity contribution in [2.45, 2.75) is 26.6 Å². The zero-order valence-electron chi connectivity index (χ0n) is 19.5. The van der Waals surface area contributed by atoms with Crippen molar-refractivity contribution in [3.8, 4) is 22.8 Å². The molecule has 1 heterocycles. The number of carbonyl (C=O) groups excluding carboxylic acids is 1. The molecule has 178 valence electrons. The molecule has 7 nitrogen and oxygen atoms in total. The number of nitrogens with one attached hydrogen (secondary N) is 1. The van der Waals surface area contributed by atoms with Gasteiger partial charge in [-0.15, -0.1) is 0 Å². The normalized spacial score (nSPS) is 10.5. The Labute approximate surface area is 204 Å². The molecule has 0 aliphatic rings. The van der Waals surface area contributed by atoms with Gasteiger partial charge in [0.05, 0.1) is 12.3 Å². The minimum absolute atomic E-state index is 0.165. The zero-order chi connectivity index (χ0) is 24.5. The number of rotatable bonds is 10. The van der Waals surface area contributed by atoms with Crippen molar-refractivity contribution in [2.75, 3.05) is 6.61 Å². The SMILES string of the molecule is CCOc1ccc(-c2ccc(=O)n(CC(=O)NCc3ccc(OCc4ccccc4)cc3)n2)cc1. The fraction of sp³-hybridized carbons (Fsp3) is 0.179. The van der Waals surface area contributed by atoms with E-state index in [1.807, 2.05) is 85.8 Å². The van der Waals surface area contributed by atoms with Crippen molar-refractivity contribution in [3.63, 3.8) is 0 Å². The monoisotopic (exact) mass is 469 g/mol. The Morgan fingerprint density at radius 1 is 0.829 bits per heavy atom. The molecule has 3 aromatic carbocycles. The molecule has 1 N–H and O–H groups in total. The maximum atomic E-state index is 12.5. The number of hydrogen-bond donors (Lipinski definition) is 1. The molecule has 0 saturated heterocycles. The van der Waals surface area contributed by atoms with Crippen molar-refractivity contribution >= 4 is 5.91 Å². The van der Waals surface area contributed by atoms with E-state index in [0.29, 0.717) is 25.5 Å². The Balaban J connectivity index is 1.31. The molecule has 0 atom stereocenters. The van der Waals surface area contributed by atoms with Gasteiger partial charge in [0.25, 0.3) is 5.56 Å². The lowest BCUT2D eigenvalue weighted by Crippen LogP contribution is -2.33. The van der Waals surface area contributed by atoms with Gasteiger partial charge in [0.1, 0.15) is 24.7 Å². The molecule has 0 aliphatic carbocycles. The lowest BCUT2D eigenvalue weighted by molar-refractivity contribution is -0.122. The molecule has 35 heavy (non-hydrogen) atoms. The van der Waals surface area contributed by atoms with Gasteiger partial charge in [-0.3, -0.25) is 9.59 Å². The largest absolute Gasteiger partial charge is 0.494 e. The Bertz CT molecular complexity index is 1300. The molecule has 0 unspecified atom stereocenters. The van der Waals surface area contributed by atoms with Crippen molar-refractivity contribution in [2.24, 2.45) is 0 Å². The van der Waals surface area contributed by atoms with E-state index in [4.69, 9.17) is 9.47 Å². The van der Waals surface area contributed by atoms with E-state index in [-0.39, 0.29) is 18.0 Å². The van der Waals surface area contributed by atoms with Crippen LogP contribution in [0.25, 0.3) is 11.3 Å². The van der Waals surface area contributed by atoms with Crippen LogP contribution in [0.3, 0.4) is 0 Å². The van der Waals surface area contributed by atoms with E-state index in [1.165, 1.54) is 10.7 Å². The number of nitrogens with zero attached hydrogens (tertiary/aromatic N) is 2. The van der Waals surface area contributed by atoms with E-state index >= 15 is 0 Å². The van der Waals surface area contributed by atoms with Gasteiger partial charge in [0.2, 0.25) is 5.91 Å². The van der Waals surface area contributed by atoms with Crippen LogP contribution < -0.4 is 20.3 Å². The highest BCUT2D eigenvalue weighted by molar-refractivity contribution is 5.75. The van der Waals surface area contributed by atoms with Crippen LogP contribution in [0.1, 0.15) is 18.1 Å². The molecule has 7 heteroatoms. The molecular weight excluding hydrogens is 442 g/mol. The minimum Gasteiger partial charge on any atom is -0.494 e. The Morgan fingerprint density at radius 3 is 2.23 bits per heavy atom. The summed E-state index contributed by atoms with van der Waals surface area (Å²) < 4.78 is 12.4. The maximum Gasteiger partial charge on any atom is 0.267 e. The van der Waals surface area contributed by atoms with E-state index in [1.54, 1.807) is 6.07 Å². The smallest absolute Gasteiger partial charge is 0.267 e. The van der Waals surface area contributed by atoms with Gasteiger partial charge in [-0.05, 0) is 60.5 Å². The van der Waals surface area contributed by atoms with E-state index < -0.39 is 0 Å². The van der Waals surface area contributed by atoms with E-state index in [9.17, 15) is 9.59 Å². The predicted molar refractivity (Wildman–Crippen MR) is 134 cm³/mol. The van der Waals surface area contributed by atoms with Crippen molar-refractivity contribution in [1.29, 1.82) is 0 Å². The number of carbonyl (C=O) groups is 1. The van der Waals surface area contributed by atoms with E-state index in [2.05, 4.69) is 10.4 Å². The third-order valence-corrected chi connectivity index (χ3v) is 5.28.